The minimum absolute atomic E-state index is 0.0432. The SMILES string of the molecule is COc1ccccc1C(C)NC(=O)CN(c1cc(Cl)cc(Cl)c1)S(=O)(=O)c1ccccc1. The second kappa shape index (κ2) is 10.3. The van der Waals surface area contributed by atoms with Gasteiger partial charge in [0.15, 0.2) is 0 Å². The largest absolute Gasteiger partial charge is 0.496 e. The van der Waals surface area contributed by atoms with E-state index in [1.807, 2.05) is 18.2 Å². The number of ether oxygens (including phenoxy) is 1. The first-order valence-corrected chi connectivity index (χ1v) is 11.9. The maximum Gasteiger partial charge on any atom is 0.264 e. The minimum atomic E-state index is -4.07. The second-order valence-electron chi connectivity index (χ2n) is 6.98. The number of hydrogen-bond acceptors (Lipinski definition) is 4. The molecule has 6 nitrogen and oxygen atoms in total. The van der Waals surface area contributed by atoms with Crippen molar-refractivity contribution < 1.29 is 17.9 Å². The molecule has 3 aromatic rings. The van der Waals surface area contributed by atoms with Crippen LogP contribution in [-0.4, -0.2) is 28.0 Å². The molecule has 1 N–H and O–H groups in total. The molecule has 168 valence electrons. The molecule has 0 aliphatic heterocycles. The van der Waals surface area contributed by atoms with Crippen LogP contribution in [0, 0.1) is 0 Å². The highest BCUT2D eigenvalue weighted by Crippen LogP contribution is 2.30. The molecule has 1 atom stereocenters. The van der Waals surface area contributed by atoms with Crippen molar-refractivity contribution >= 4 is 44.8 Å². The zero-order valence-corrected chi connectivity index (χ0v) is 19.8. The predicted octanol–water partition coefficient (Wildman–Crippen LogP) is 5.07. The lowest BCUT2D eigenvalue weighted by Gasteiger charge is -2.25. The maximum absolute atomic E-state index is 13.4. The Bertz CT molecular complexity index is 1180. The molecule has 0 heterocycles. The van der Waals surface area contributed by atoms with Crippen LogP contribution in [0.25, 0.3) is 0 Å². The van der Waals surface area contributed by atoms with Crippen LogP contribution >= 0.6 is 23.2 Å². The molecule has 3 aromatic carbocycles. The third-order valence-electron chi connectivity index (χ3n) is 4.74. The summed E-state index contributed by atoms with van der Waals surface area (Å²) in [6.45, 7) is 1.33. The molecule has 0 aliphatic rings. The molecule has 0 aliphatic carbocycles. The Morgan fingerprint density at radius 3 is 2.22 bits per heavy atom. The summed E-state index contributed by atoms with van der Waals surface area (Å²) < 4.78 is 33.1. The van der Waals surface area contributed by atoms with Crippen molar-refractivity contribution in [3.8, 4) is 5.75 Å². The first-order chi connectivity index (χ1) is 15.2. The normalized spacial score (nSPS) is 12.1. The number of rotatable bonds is 8. The minimum Gasteiger partial charge on any atom is -0.496 e. The summed E-state index contributed by atoms with van der Waals surface area (Å²) in [4.78, 5) is 13.0. The number of halogens is 2. The molecule has 0 fully saturated rings. The van der Waals surface area contributed by atoms with Crippen LogP contribution < -0.4 is 14.4 Å². The average molecular weight is 493 g/mol. The van der Waals surface area contributed by atoms with Gasteiger partial charge in [0.2, 0.25) is 5.91 Å². The summed E-state index contributed by atoms with van der Waals surface area (Å²) in [7, 11) is -2.52. The Balaban J connectivity index is 1.93. The number of amides is 1. The zero-order valence-electron chi connectivity index (χ0n) is 17.5. The highest BCUT2D eigenvalue weighted by Gasteiger charge is 2.28. The van der Waals surface area contributed by atoms with Crippen molar-refractivity contribution in [1.82, 2.24) is 5.32 Å². The van der Waals surface area contributed by atoms with Gasteiger partial charge < -0.3 is 10.1 Å². The molecule has 0 spiro atoms. The summed E-state index contributed by atoms with van der Waals surface area (Å²) in [6.07, 6.45) is 0. The van der Waals surface area contributed by atoms with E-state index in [1.54, 1.807) is 38.3 Å². The summed E-state index contributed by atoms with van der Waals surface area (Å²) >= 11 is 12.2. The van der Waals surface area contributed by atoms with Gasteiger partial charge in [-0.1, -0.05) is 59.6 Å². The Morgan fingerprint density at radius 1 is 1.00 bits per heavy atom. The number of anilines is 1. The number of hydrogen-bond donors (Lipinski definition) is 1. The van der Waals surface area contributed by atoms with E-state index in [0.29, 0.717) is 5.75 Å². The van der Waals surface area contributed by atoms with Crippen LogP contribution in [-0.2, 0) is 14.8 Å². The number of sulfonamides is 1. The fourth-order valence-corrected chi connectivity index (χ4v) is 5.18. The Hall–Kier alpha value is -2.74. The summed E-state index contributed by atoms with van der Waals surface area (Å²) in [5.41, 5.74) is 0.957. The van der Waals surface area contributed by atoms with E-state index in [0.717, 1.165) is 9.87 Å². The van der Waals surface area contributed by atoms with Gasteiger partial charge in [0.05, 0.1) is 23.7 Å². The molecule has 0 saturated heterocycles. The quantitative estimate of drug-likeness (QED) is 0.475. The third kappa shape index (κ3) is 5.54. The van der Waals surface area contributed by atoms with Gasteiger partial charge in [-0.3, -0.25) is 9.10 Å². The van der Waals surface area contributed by atoms with Gasteiger partial charge in [-0.2, -0.15) is 0 Å². The van der Waals surface area contributed by atoms with Crippen LogP contribution in [0.3, 0.4) is 0 Å². The topological polar surface area (TPSA) is 75.7 Å². The molecular weight excluding hydrogens is 471 g/mol. The number of para-hydroxylation sites is 1. The molecule has 0 saturated carbocycles. The lowest BCUT2D eigenvalue weighted by Crippen LogP contribution is -2.41. The number of nitrogens with zero attached hydrogens (tertiary/aromatic N) is 1. The molecule has 9 heteroatoms. The number of carbonyl (C=O) groups is 1. The molecule has 0 aromatic heterocycles. The lowest BCUT2D eigenvalue weighted by molar-refractivity contribution is -0.120. The van der Waals surface area contributed by atoms with Gasteiger partial charge in [0.25, 0.3) is 10.0 Å². The Kier molecular flexibility index (Phi) is 7.66. The average Bonchev–Trinajstić information content (AvgIpc) is 2.77. The summed E-state index contributed by atoms with van der Waals surface area (Å²) in [5, 5.41) is 3.34. The standard InChI is InChI=1S/C23H22Cl2N2O4S/c1-16(21-10-6-7-11-22(21)31-2)26-23(28)15-27(19-13-17(24)12-18(25)14-19)32(29,30)20-8-4-3-5-9-20/h3-14,16H,15H2,1-2H3,(H,26,28). The van der Waals surface area contributed by atoms with Crippen molar-refractivity contribution in [1.29, 1.82) is 0 Å². The number of carbonyl (C=O) groups excluding carboxylic acids is 1. The highest BCUT2D eigenvalue weighted by molar-refractivity contribution is 7.92. The van der Waals surface area contributed by atoms with Crippen molar-refractivity contribution in [3.05, 3.63) is 88.4 Å². The monoisotopic (exact) mass is 492 g/mol. The molecule has 1 unspecified atom stereocenters. The van der Waals surface area contributed by atoms with Gasteiger partial charge in [-0.05, 0) is 43.3 Å². The van der Waals surface area contributed by atoms with Gasteiger partial charge in [0, 0.05) is 15.6 Å². The molecule has 0 bridgehead atoms. The zero-order chi connectivity index (χ0) is 23.3. The lowest BCUT2D eigenvalue weighted by atomic mass is 10.1. The van der Waals surface area contributed by atoms with Gasteiger partial charge in [-0.15, -0.1) is 0 Å². The van der Waals surface area contributed by atoms with Crippen LogP contribution in [0.2, 0.25) is 10.0 Å². The van der Waals surface area contributed by atoms with E-state index in [2.05, 4.69) is 5.32 Å². The Morgan fingerprint density at radius 2 is 1.59 bits per heavy atom. The predicted molar refractivity (Wildman–Crippen MR) is 127 cm³/mol. The van der Waals surface area contributed by atoms with Gasteiger partial charge >= 0.3 is 0 Å². The summed E-state index contributed by atoms with van der Waals surface area (Å²) in [5.74, 6) is 0.120. The van der Waals surface area contributed by atoms with E-state index in [9.17, 15) is 13.2 Å². The molecule has 0 radical (unpaired) electrons. The van der Waals surface area contributed by atoms with Gasteiger partial charge in [0.1, 0.15) is 12.3 Å². The van der Waals surface area contributed by atoms with E-state index >= 15 is 0 Å². The number of nitrogens with one attached hydrogen (secondary N) is 1. The third-order valence-corrected chi connectivity index (χ3v) is 6.96. The van der Waals surface area contributed by atoms with E-state index in [4.69, 9.17) is 27.9 Å². The van der Waals surface area contributed by atoms with E-state index < -0.39 is 28.5 Å². The van der Waals surface area contributed by atoms with Crippen LogP contribution in [0.5, 0.6) is 5.75 Å². The van der Waals surface area contributed by atoms with Gasteiger partial charge in [-0.25, -0.2) is 8.42 Å². The first kappa shape index (κ1) is 23.9. The van der Waals surface area contributed by atoms with Crippen molar-refractivity contribution in [3.63, 3.8) is 0 Å². The fraction of sp³-hybridized carbons (Fsp3) is 0.174. The highest BCUT2D eigenvalue weighted by atomic mass is 35.5. The maximum atomic E-state index is 13.4. The van der Waals surface area contributed by atoms with Crippen LogP contribution in [0.15, 0.2) is 77.7 Å². The van der Waals surface area contributed by atoms with Crippen LogP contribution in [0.4, 0.5) is 5.69 Å². The van der Waals surface area contributed by atoms with Crippen LogP contribution in [0.1, 0.15) is 18.5 Å². The number of methoxy groups -OCH3 is 1. The smallest absolute Gasteiger partial charge is 0.264 e. The van der Waals surface area contributed by atoms with Crippen molar-refractivity contribution in [2.45, 2.75) is 17.9 Å². The first-order valence-electron chi connectivity index (χ1n) is 9.68. The van der Waals surface area contributed by atoms with Crippen molar-refractivity contribution in [2.24, 2.45) is 0 Å². The molecular formula is C23H22Cl2N2O4S. The van der Waals surface area contributed by atoms with E-state index in [-0.39, 0.29) is 20.6 Å². The molecule has 32 heavy (non-hydrogen) atoms. The molecule has 1 amide bonds. The fourth-order valence-electron chi connectivity index (χ4n) is 3.24. The summed E-state index contributed by atoms with van der Waals surface area (Å²) in [6, 6.07) is 19.1. The Labute approximate surface area is 197 Å². The number of benzene rings is 3. The second-order valence-corrected chi connectivity index (χ2v) is 9.72. The molecule has 3 rings (SSSR count). The van der Waals surface area contributed by atoms with Crippen molar-refractivity contribution in [2.75, 3.05) is 18.0 Å². The van der Waals surface area contributed by atoms with E-state index in [1.165, 1.54) is 30.3 Å².